The van der Waals surface area contributed by atoms with Gasteiger partial charge in [0.1, 0.15) is 23.2 Å². The highest BCUT2D eigenvalue weighted by atomic mass is 32.2. The number of nitrogens with one attached hydrogen (secondary N) is 2. The Morgan fingerprint density at radius 1 is 1.17 bits per heavy atom. The second kappa shape index (κ2) is 7.96. The number of phenolic OH excluding ortho intramolecular Hbond substituents is 1. The molecule has 8 heteroatoms. The predicted molar refractivity (Wildman–Crippen MR) is 109 cm³/mol. The number of aromatic amines is 1. The van der Waals surface area contributed by atoms with Crippen molar-refractivity contribution in [2.24, 2.45) is 0 Å². The Bertz CT molecular complexity index is 1220. The molecule has 2 heterocycles. The Balaban J connectivity index is 1.48. The van der Waals surface area contributed by atoms with Crippen molar-refractivity contribution < 1.29 is 14.3 Å². The number of rotatable bonds is 5. The zero-order chi connectivity index (χ0) is 20.2. The summed E-state index contributed by atoms with van der Waals surface area (Å²) in [4.78, 5) is 20.0. The average molecular weight is 402 g/mol. The lowest BCUT2D eigenvalue weighted by Crippen LogP contribution is -2.13. The molecule has 0 saturated heterocycles. The van der Waals surface area contributed by atoms with Crippen molar-refractivity contribution in [1.29, 1.82) is 5.26 Å². The molecule has 3 N–H and O–H groups in total. The highest BCUT2D eigenvalue weighted by molar-refractivity contribution is 7.99. The fourth-order valence-corrected chi connectivity index (χ4v) is 3.34. The summed E-state index contributed by atoms with van der Waals surface area (Å²) in [7, 11) is 0. The maximum atomic E-state index is 12.3. The van der Waals surface area contributed by atoms with Crippen LogP contribution in [0.5, 0.6) is 5.75 Å². The zero-order valence-electron chi connectivity index (χ0n) is 14.9. The van der Waals surface area contributed by atoms with Gasteiger partial charge in [-0.25, -0.2) is 4.98 Å². The lowest BCUT2D eigenvalue weighted by Gasteiger charge is -2.03. The number of aromatic nitrogens is 2. The minimum atomic E-state index is -0.568. The van der Waals surface area contributed by atoms with Gasteiger partial charge in [-0.15, -0.1) is 0 Å². The number of fused-ring (bicyclic) bond motifs is 1. The van der Waals surface area contributed by atoms with Gasteiger partial charge in [-0.2, -0.15) is 5.26 Å². The van der Waals surface area contributed by atoms with Crippen LogP contribution in [0.2, 0.25) is 0 Å². The third kappa shape index (κ3) is 4.31. The molecule has 29 heavy (non-hydrogen) atoms. The van der Waals surface area contributed by atoms with Gasteiger partial charge in [0.25, 0.3) is 5.91 Å². The van der Waals surface area contributed by atoms with E-state index in [0.29, 0.717) is 21.7 Å². The van der Waals surface area contributed by atoms with Crippen LogP contribution in [0.4, 0.5) is 5.69 Å². The quantitative estimate of drug-likeness (QED) is 0.256. The lowest BCUT2D eigenvalue weighted by molar-refractivity contribution is -0.112. The Labute approximate surface area is 169 Å². The van der Waals surface area contributed by atoms with Gasteiger partial charge >= 0.3 is 0 Å². The van der Waals surface area contributed by atoms with Crippen molar-refractivity contribution in [2.45, 2.75) is 10.2 Å². The monoisotopic (exact) mass is 402 g/mol. The molecule has 0 aliphatic carbocycles. The molecule has 2 aromatic heterocycles. The number of aromatic hydroxyl groups is 1. The number of hydrogen-bond acceptors (Lipinski definition) is 6. The minimum absolute atomic E-state index is 0.0871. The maximum absolute atomic E-state index is 12.3. The summed E-state index contributed by atoms with van der Waals surface area (Å²) < 4.78 is 5.69. The number of nitrogens with zero attached hydrogens (tertiary/aromatic N) is 2. The van der Waals surface area contributed by atoms with E-state index in [0.717, 1.165) is 11.0 Å². The van der Waals surface area contributed by atoms with Gasteiger partial charge < -0.3 is 19.8 Å². The number of imidazole rings is 1. The van der Waals surface area contributed by atoms with Gasteiger partial charge in [0.15, 0.2) is 10.2 Å². The van der Waals surface area contributed by atoms with Crippen LogP contribution >= 0.6 is 11.8 Å². The molecule has 0 bridgehead atoms. The first-order chi connectivity index (χ1) is 14.1. The van der Waals surface area contributed by atoms with E-state index < -0.39 is 5.91 Å². The number of anilines is 1. The summed E-state index contributed by atoms with van der Waals surface area (Å²) in [5.41, 5.74) is 2.15. The van der Waals surface area contributed by atoms with E-state index in [1.165, 1.54) is 42.1 Å². The molecule has 0 spiro atoms. The highest BCUT2D eigenvalue weighted by Gasteiger charge is 2.12. The lowest BCUT2D eigenvalue weighted by atomic mass is 10.2. The van der Waals surface area contributed by atoms with E-state index in [4.69, 9.17) is 4.42 Å². The Hall–Kier alpha value is -3.96. The number of amides is 1. The number of nitriles is 1. The summed E-state index contributed by atoms with van der Waals surface area (Å²) in [6.45, 7) is 0. The van der Waals surface area contributed by atoms with Gasteiger partial charge in [-0.05, 0) is 60.3 Å². The molecule has 0 saturated carbocycles. The van der Waals surface area contributed by atoms with Gasteiger partial charge in [0.05, 0.1) is 11.0 Å². The number of para-hydroxylation sites is 2. The number of carbonyl (C=O) groups excluding carboxylic acids is 1. The van der Waals surface area contributed by atoms with Crippen molar-refractivity contribution >= 4 is 40.5 Å². The third-order valence-electron chi connectivity index (χ3n) is 3.94. The van der Waals surface area contributed by atoms with Gasteiger partial charge in [-0.3, -0.25) is 4.79 Å². The SMILES string of the molecule is N#CC(=Cc1ccc(Sc2nc3ccccc3[nH]2)o1)C(=O)Nc1ccc(O)cc1. The van der Waals surface area contributed by atoms with Crippen molar-refractivity contribution in [2.75, 3.05) is 5.32 Å². The highest BCUT2D eigenvalue weighted by Crippen LogP contribution is 2.29. The summed E-state index contributed by atoms with van der Waals surface area (Å²) in [6.07, 6.45) is 1.37. The van der Waals surface area contributed by atoms with Gasteiger partial charge in [0, 0.05) is 11.8 Å². The summed E-state index contributed by atoms with van der Waals surface area (Å²) in [5.74, 6) is -0.105. The Kier molecular flexibility index (Phi) is 5.05. The molecule has 0 unspecified atom stereocenters. The number of carbonyl (C=O) groups is 1. The van der Waals surface area contributed by atoms with E-state index in [1.807, 2.05) is 30.3 Å². The van der Waals surface area contributed by atoms with Crippen LogP contribution in [0.15, 0.2) is 80.9 Å². The number of H-pyrrole nitrogens is 1. The largest absolute Gasteiger partial charge is 0.508 e. The standard InChI is InChI=1S/C21H14N4O3S/c22-12-13(20(27)23-14-5-7-15(26)8-6-14)11-16-9-10-19(28-16)29-21-24-17-3-1-2-4-18(17)25-21/h1-11,26H,(H,23,27)(H,24,25). The molecule has 0 fully saturated rings. The first-order valence-corrected chi connectivity index (χ1v) is 9.37. The molecule has 0 aliphatic heterocycles. The number of phenols is 1. The third-order valence-corrected chi connectivity index (χ3v) is 4.75. The maximum Gasteiger partial charge on any atom is 0.266 e. The summed E-state index contributed by atoms with van der Waals surface area (Å²) >= 11 is 1.31. The van der Waals surface area contributed by atoms with E-state index in [-0.39, 0.29) is 11.3 Å². The van der Waals surface area contributed by atoms with Crippen molar-refractivity contribution in [3.63, 3.8) is 0 Å². The molecule has 1 amide bonds. The normalized spacial score (nSPS) is 11.3. The summed E-state index contributed by atoms with van der Waals surface area (Å²) in [6, 6.07) is 19.0. The van der Waals surface area contributed by atoms with Crippen LogP contribution in [0, 0.1) is 11.3 Å². The molecule has 0 aliphatic rings. The summed E-state index contributed by atoms with van der Waals surface area (Å²) in [5, 5.41) is 22.5. The van der Waals surface area contributed by atoms with Crippen LogP contribution in [-0.2, 0) is 4.79 Å². The van der Waals surface area contributed by atoms with Crippen molar-refractivity contribution in [1.82, 2.24) is 9.97 Å². The van der Waals surface area contributed by atoms with E-state index in [1.54, 1.807) is 12.1 Å². The zero-order valence-corrected chi connectivity index (χ0v) is 15.7. The molecule has 0 atom stereocenters. The van der Waals surface area contributed by atoms with Crippen molar-refractivity contribution in [3.8, 4) is 11.8 Å². The molecule has 0 radical (unpaired) electrons. The predicted octanol–water partition coefficient (Wildman–Crippen LogP) is 4.56. The number of hydrogen-bond donors (Lipinski definition) is 3. The molecule has 142 valence electrons. The second-order valence-electron chi connectivity index (χ2n) is 5.99. The first kappa shape index (κ1) is 18.4. The van der Waals surface area contributed by atoms with Crippen LogP contribution in [0.3, 0.4) is 0 Å². The average Bonchev–Trinajstić information content (AvgIpc) is 3.34. The first-order valence-electron chi connectivity index (χ1n) is 8.55. The minimum Gasteiger partial charge on any atom is -0.508 e. The molecule has 7 nitrogen and oxygen atoms in total. The fourth-order valence-electron chi connectivity index (χ4n) is 2.57. The molecule has 4 aromatic rings. The van der Waals surface area contributed by atoms with Crippen molar-refractivity contribution in [3.05, 3.63) is 72.0 Å². The second-order valence-corrected chi connectivity index (χ2v) is 6.98. The molecular formula is C21H14N4O3S. The van der Waals surface area contributed by atoms with Crippen LogP contribution in [0.1, 0.15) is 5.76 Å². The van der Waals surface area contributed by atoms with E-state index in [9.17, 15) is 15.2 Å². The fraction of sp³-hybridized carbons (Fsp3) is 0. The van der Waals surface area contributed by atoms with Crippen LogP contribution < -0.4 is 5.32 Å². The van der Waals surface area contributed by atoms with Gasteiger partial charge in [-0.1, -0.05) is 12.1 Å². The molecule has 4 rings (SSSR count). The molecule has 2 aromatic carbocycles. The van der Waals surface area contributed by atoms with E-state index >= 15 is 0 Å². The smallest absolute Gasteiger partial charge is 0.266 e. The number of benzene rings is 2. The van der Waals surface area contributed by atoms with Crippen LogP contribution in [0.25, 0.3) is 17.1 Å². The Morgan fingerprint density at radius 2 is 1.97 bits per heavy atom. The molecular weight excluding hydrogens is 388 g/mol. The van der Waals surface area contributed by atoms with Gasteiger partial charge in [0.2, 0.25) is 0 Å². The topological polar surface area (TPSA) is 115 Å². The Morgan fingerprint density at radius 3 is 2.72 bits per heavy atom. The number of furan rings is 1. The van der Waals surface area contributed by atoms with Crippen LogP contribution in [-0.4, -0.2) is 21.0 Å². The van der Waals surface area contributed by atoms with E-state index in [2.05, 4.69) is 15.3 Å².